The van der Waals surface area contributed by atoms with E-state index < -0.39 is 27.6 Å². The minimum absolute atomic E-state index is 0. The maximum absolute atomic E-state index is 13.2. The molecule has 10 heteroatoms. The largest absolute Gasteiger partial charge is 0.480 e. The van der Waals surface area contributed by atoms with Crippen LogP contribution in [0.1, 0.15) is 24.2 Å². The van der Waals surface area contributed by atoms with Crippen molar-refractivity contribution < 1.29 is 18.3 Å². The number of halogens is 1. The standard InChI is InChI=1S/C21H22N4O4S.ClH/c1-14-19(15-7-3-2-4-8-15)21(14,20(26)27)23-30(28,29)24-11-12-25-17-10-6-5-9-16(17)22-18(25)13-24;/h2-10,14,19,23H,11-13H2,1H3,(H,26,27);1H/t14-,19-,21+;/m1./s1. The van der Waals surface area contributed by atoms with E-state index in [1.807, 2.05) is 59.2 Å². The molecule has 0 amide bonds. The molecule has 1 aliphatic heterocycles. The lowest BCUT2D eigenvalue weighted by Crippen LogP contribution is -2.53. The Hall–Kier alpha value is -2.46. The topological polar surface area (TPSA) is 105 Å². The molecule has 1 saturated carbocycles. The molecule has 0 bridgehead atoms. The molecule has 5 rings (SSSR count). The van der Waals surface area contributed by atoms with Crippen molar-refractivity contribution in [3.05, 3.63) is 66.0 Å². The zero-order chi connectivity index (χ0) is 21.1. The second-order valence-electron chi connectivity index (χ2n) is 7.96. The van der Waals surface area contributed by atoms with E-state index in [0.717, 1.165) is 16.6 Å². The van der Waals surface area contributed by atoms with Gasteiger partial charge in [0.25, 0.3) is 10.2 Å². The van der Waals surface area contributed by atoms with Gasteiger partial charge in [0.15, 0.2) is 0 Å². The molecule has 2 heterocycles. The number of carbonyl (C=O) groups is 1. The van der Waals surface area contributed by atoms with Crippen molar-refractivity contribution in [1.29, 1.82) is 0 Å². The third-order valence-corrected chi connectivity index (χ3v) is 7.96. The summed E-state index contributed by atoms with van der Waals surface area (Å²) < 4.78 is 32.3. The van der Waals surface area contributed by atoms with Crippen LogP contribution in [-0.2, 0) is 28.1 Å². The predicted molar refractivity (Wildman–Crippen MR) is 118 cm³/mol. The highest BCUT2D eigenvalue weighted by Gasteiger charge is 2.70. The fourth-order valence-electron chi connectivity index (χ4n) is 4.73. The van der Waals surface area contributed by atoms with E-state index >= 15 is 0 Å². The lowest BCUT2D eigenvalue weighted by molar-refractivity contribution is -0.140. The van der Waals surface area contributed by atoms with E-state index in [-0.39, 0.29) is 31.4 Å². The van der Waals surface area contributed by atoms with Crippen LogP contribution < -0.4 is 4.72 Å². The number of fused-ring (bicyclic) bond motifs is 3. The molecule has 0 spiro atoms. The molecular weight excluding hydrogens is 440 g/mol. The Morgan fingerprint density at radius 3 is 2.52 bits per heavy atom. The average Bonchev–Trinajstić information content (AvgIpc) is 3.15. The summed E-state index contributed by atoms with van der Waals surface area (Å²) in [4.78, 5) is 16.7. The van der Waals surface area contributed by atoms with Crippen LogP contribution >= 0.6 is 12.4 Å². The lowest BCUT2D eigenvalue weighted by Gasteiger charge is -2.29. The summed E-state index contributed by atoms with van der Waals surface area (Å²) in [5.41, 5.74) is 1.06. The number of nitrogens with zero attached hydrogens (tertiary/aromatic N) is 3. The second-order valence-corrected chi connectivity index (χ2v) is 9.63. The summed E-state index contributed by atoms with van der Waals surface area (Å²) in [5.74, 6) is -1.28. The number of nitrogens with one attached hydrogen (secondary N) is 1. The molecule has 3 aromatic rings. The van der Waals surface area contributed by atoms with Crippen molar-refractivity contribution in [2.24, 2.45) is 5.92 Å². The van der Waals surface area contributed by atoms with E-state index in [1.165, 1.54) is 4.31 Å². The second kappa shape index (κ2) is 7.59. The number of para-hydroxylation sites is 2. The summed E-state index contributed by atoms with van der Waals surface area (Å²) >= 11 is 0. The molecule has 2 aromatic carbocycles. The minimum Gasteiger partial charge on any atom is -0.480 e. The van der Waals surface area contributed by atoms with Gasteiger partial charge in [-0.15, -0.1) is 12.4 Å². The van der Waals surface area contributed by atoms with Gasteiger partial charge in [-0.3, -0.25) is 4.79 Å². The van der Waals surface area contributed by atoms with Gasteiger partial charge in [0.05, 0.1) is 17.6 Å². The fraction of sp³-hybridized carbons (Fsp3) is 0.333. The molecule has 31 heavy (non-hydrogen) atoms. The first-order valence-corrected chi connectivity index (χ1v) is 11.3. The Morgan fingerprint density at radius 1 is 1.13 bits per heavy atom. The number of imidazole rings is 1. The third-order valence-electron chi connectivity index (χ3n) is 6.37. The fourth-order valence-corrected chi connectivity index (χ4v) is 6.29. The molecule has 0 saturated heterocycles. The number of hydrogen-bond donors (Lipinski definition) is 2. The van der Waals surface area contributed by atoms with Gasteiger partial charge in [-0.05, 0) is 23.6 Å². The van der Waals surface area contributed by atoms with E-state index in [2.05, 4.69) is 9.71 Å². The van der Waals surface area contributed by atoms with E-state index in [1.54, 1.807) is 6.92 Å². The lowest BCUT2D eigenvalue weighted by atomic mass is 10.1. The van der Waals surface area contributed by atoms with Crippen LogP contribution in [0.4, 0.5) is 0 Å². The summed E-state index contributed by atoms with van der Waals surface area (Å²) in [5, 5.41) is 9.96. The normalized spacial score (nSPS) is 25.6. The van der Waals surface area contributed by atoms with E-state index in [0.29, 0.717) is 12.4 Å². The van der Waals surface area contributed by atoms with Crippen molar-refractivity contribution in [3.63, 3.8) is 0 Å². The maximum Gasteiger partial charge on any atom is 0.325 e. The van der Waals surface area contributed by atoms with Crippen LogP contribution in [0.25, 0.3) is 11.0 Å². The monoisotopic (exact) mass is 462 g/mol. The number of benzene rings is 2. The van der Waals surface area contributed by atoms with Crippen molar-refractivity contribution >= 4 is 39.6 Å². The average molecular weight is 463 g/mol. The van der Waals surface area contributed by atoms with E-state index in [4.69, 9.17) is 0 Å². The highest BCUT2D eigenvalue weighted by molar-refractivity contribution is 7.87. The number of carboxylic acid groups (broad SMARTS) is 1. The number of aromatic nitrogens is 2. The molecule has 1 aromatic heterocycles. The third kappa shape index (κ3) is 3.32. The van der Waals surface area contributed by atoms with Gasteiger partial charge < -0.3 is 9.67 Å². The Balaban J connectivity index is 0.00000231. The molecule has 164 valence electrons. The SMILES string of the molecule is C[C@@H]1[C@H](c2ccccc2)[C@]1(NS(=O)(=O)N1CCn2c(nc3ccccc32)C1)C(=O)O.Cl. The number of carboxylic acids is 1. The number of hydrogen-bond acceptors (Lipinski definition) is 4. The maximum atomic E-state index is 13.2. The van der Waals surface area contributed by atoms with Gasteiger partial charge >= 0.3 is 5.97 Å². The first kappa shape index (κ1) is 21.8. The van der Waals surface area contributed by atoms with Gasteiger partial charge in [0.1, 0.15) is 11.4 Å². The zero-order valence-electron chi connectivity index (χ0n) is 16.8. The van der Waals surface area contributed by atoms with Crippen LogP contribution in [0.3, 0.4) is 0 Å². The molecular formula is C21H23ClN4O4S. The molecule has 1 aliphatic carbocycles. The summed E-state index contributed by atoms with van der Waals surface area (Å²) in [6.07, 6.45) is 0. The Bertz CT molecular complexity index is 1250. The van der Waals surface area contributed by atoms with Gasteiger partial charge in [-0.25, -0.2) is 4.98 Å². The molecule has 2 N–H and O–H groups in total. The quantitative estimate of drug-likeness (QED) is 0.605. The molecule has 8 nitrogen and oxygen atoms in total. The van der Waals surface area contributed by atoms with Crippen molar-refractivity contribution in [2.45, 2.75) is 31.5 Å². The first-order chi connectivity index (χ1) is 14.3. The molecule has 1 fully saturated rings. The van der Waals surface area contributed by atoms with Gasteiger partial charge in [0, 0.05) is 19.0 Å². The van der Waals surface area contributed by atoms with E-state index in [9.17, 15) is 18.3 Å². The zero-order valence-corrected chi connectivity index (χ0v) is 18.4. The van der Waals surface area contributed by atoms with Crippen molar-refractivity contribution in [1.82, 2.24) is 18.6 Å². The van der Waals surface area contributed by atoms with Crippen molar-refractivity contribution in [2.75, 3.05) is 6.54 Å². The Morgan fingerprint density at radius 2 is 1.81 bits per heavy atom. The number of rotatable bonds is 5. The number of aliphatic carboxylic acids is 1. The van der Waals surface area contributed by atoms with Gasteiger partial charge in [-0.1, -0.05) is 49.4 Å². The molecule has 0 radical (unpaired) electrons. The van der Waals surface area contributed by atoms with Crippen LogP contribution in [0, 0.1) is 5.92 Å². The van der Waals surface area contributed by atoms with Crippen LogP contribution in [0.15, 0.2) is 54.6 Å². The first-order valence-electron chi connectivity index (χ1n) is 9.86. The summed E-state index contributed by atoms with van der Waals surface area (Å²) in [6, 6.07) is 16.9. The minimum atomic E-state index is -4.03. The highest BCUT2D eigenvalue weighted by Crippen LogP contribution is 2.58. The molecule has 2 aliphatic rings. The smallest absolute Gasteiger partial charge is 0.325 e. The summed E-state index contributed by atoms with van der Waals surface area (Å²) in [7, 11) is -4.03. The van der Waals surface area contributed by atoms with Gasteiger partial charge in [-0.2, -0.15) is 17.4 Å². The highest BCUT2D eigenvalue weighted by atomic mass is 35.5. The molecule has 3 atom stereocenters. The predicted octanol–water partition coefficient (Wildman–Crippen LogP) is 2.37. The Labute approximate surface area is 186 Å². The Kier molecular flexibility index (Phi) is 5.33. The van der Waals surface area contributed by atoms with Crippen LogP contribution in [-0.4, -0.2) is 45.4 Å². The molecule has 0 unspecified atom stereocenters. The van der Waals surface area contributed by atoms with Crippen molar-refractivity contribution in [3.8, 4) is 0 Å². The van der Waals surface area contributed by atoms with Gasteiger partial charge in [0.2, 0.25) is 0 Å². The van der Waals surface area contributed by atoms with Crippen LogP contribution in [0.2, 0.25) is 0 Å². The summed E-state index contributed by atoms with van der Waals surface area (Å²) in [6.45, 7) is 2.59. The van der Waals surface area contributed by atoms with Crippen LogP contribution in [0.5, 0.6) is 0 Å².